The van der Waals surface area contributed by atoms with Crippen molar-refractivity contribution < 1.29 is 19.1 Å². The molecule has 2 aromatic carbocycles. The van der Waals surface area contributed by atoms with E-state index in [1.807, 2.05) is 0 Å². The number of Topliss-reactive ketones (excluding diaryl/α,β-unsaturated/α-hetero) is 1. The lowest BCUT2D eigenvalue weighted by atomic mass is 9.88. The summed E-state index contributed by atoms with van der Waals surface area (Å²) in [7, 11) is 0. The van der Waals surface area contributed by atoms with Gasteiger partial charge in [-0.1, -0.05) is 92.4 Å². The van der Waals surface area contributed by atoms with Gasteiger partial charge in [0.25, 0.3) is 0 Å². The molecule has 0 unspecified atom stereocenters. The number of hydrogen-bond donors (Lipinski definition) is 1. The summed E-state index contributed by atoms with van der Waals surface area (Å²) < 4.78 is 6.03. The van der Waals surface area contributed by atoms with Gasteiger partial charge in [-0.05, 0) is 49.1 Å². The number of fused-ring (bicyclic) bond motifs is 2. The van der Waals surface area contributed by atoms with Crippen LogP contribution in [0.25, 0.3) is 33.4 Å². The summed E-state index contributed by atoms with van der Waals surface area (Å²) in [6, 6.07) is 7.27. The van der Waals surface area contributed by atoms with Crippen LogP contribution in [0.3, 0.4) is 0 Å². The van der Waals surface area contributed by atoms with Gasteiger partial charge >= 0.3 is 5.97 Å². The number of aromatic carboxylic acids is 1. The van der Waals surface area contributed by atoms with Crippen molar-refractivity contribution in [2.45, 2.75) is 65.7 Å². The van der Waals surface area contributed by atoms with Crippen molar-refractivity contribution in [1.82, 2.24) is 0 Å². The average Bonchev–Trinajstić information content (AvgIpc) is 2.89. The average molecular weight is 636 g/mol. The van der Waals surface area contributed by atoms with E-state index in [1.165, 1.54) is 31.0 Å². The molecule has 0 saturated carbocycles. The van der Waals surface area contributed by atoms with E-state index in [-0.39, 0.29) is 49.7 Å². The first-order valence-electron chi connectivity index (χ1n) is 13.6. The van der Waals surface area contributed by atoms with Gasteiger partial charge in [0.1, 0.15) is 11.3 Å². The fourth-order valence-corrected chi connectivity index (χ4v) is 6.02. The molecule has 0 amide bonds. The molecule has 216 valence electrons. The molecule has 0 saturated heterocycles. The third-order valence-corrected chi connectivity index (χ3v) is 8.61. The number of halogens is 4. The Hall–Kier alpha value is -2.57. The highest BCUT2D eigenvalue weighted by Gasteiger charge is 2.30. The molecule has 0 bridgehead atoms. The molecule has 2 aromatic rings. The molecule has 1 aliphatic heterocycles. The predicted molar refractivity (Wildman–Crippen MR) is 168 cm³/mol. The van der Waals surface area contributed by atoms with Crippen molar-refractivity contribution in [3.8, 4) is 22.5 Å². The number of benzene rings is 3. The van der Waals surface area contributed by atoms with Crippen LogP contribution >= 0.6 is 46.4 Å². The topological polar surface area (TPSA) is 84.6 Å². The van der Waals surface area contributed by atoms with Gasteiger partial charge in [-0.25, -0.2) is 4.79 Å². The predicted octanol–water partition coefficient (Wildman–Crippen LogP) is 10.8. The molecule has 41 heavy (non-hydrogen) atoms. The molecular weight excluding hydrogens is 606 g/mol. The Balaban J connectivity index is 1.87. The maximum Gasteiger partial charge on any atom is 0.337 e. The second-order valence-electron chi connectivity index (χ2n) is 10.8. The molecule has 0 atom stereocenters. The van der Waals surface area contributed by atoms with E-state index < -0.39 is 11.4 Å². The number of unbranched alkanes of at least 4 members (excludes halogenated alkanes) is 4. The maximum atomic E-state index is 13.4. The minimum Gasteiger partial charge on any atom is -0.478 e. The van der Waals surface area contributed by atoms with Gasteiger partial charge in [0, 0.05) is 45.1 Å². The van der Waals surface area contributed by atoms with Gasteiger partial charge in [-0.2, -0.15) is 0 Å². The lowest BCUT2D eigenvalue weighted by molar-refractivity contribution is 0.0697. The van der Waals surface area contributed by atoms with Crippen LogP contribution < -0.4 is 5.43 Å². The molecule has 0 spiro atoms. The van der Waals surface area contributed by atoms with E-state index in [2.05, 4.69) is 13.8 Å². The Morgan fingerprint density at radius 1 is 0.854 bits per heavy atom. The molecule has 0 fully saturated rings. The molecule has 4 rings (SSSR count). The van der Waals surface area contributed by atoms with Crippen LogP contribution in [0.5, 0.6) is 0 Å². The Kier molecular flexibility index (Phi) is 10.1. The lowest BCUT2D eigenvalue weighted by Crippen LogP contribution is -2.09. The van der Waals surface area contributed by atoms with Crippen LogP contribution in [0.15, 0.2) is 39.5 Å². The van der Waals surface area contributed by atoms with Crippen molar-refractivity contribution in [3.63, 3.8) is 0 Å². The Bertz CT molecular complexity index is 1670. The summed E-state index contributed by atoms with van der Waals surface area (Å²) in [5, 5.41) is 10.8. The number of hydrogen-bond acceptors (Lipinski definition) is 4. The molecule has 0 radical (unpaired) electrons. The smallest absolute Gasteiger partial charge is 0.337 e. The number of carbonyl (C=O) groups is 2. The number of carbonyl (C=O) groups excluding carboxylic acids is 1. The zero-order chi connectivity index (χ0) is 30.0. The molecule has 1 aliphatic carbocycles. The van der Waals surface area contributed by atoms with Gasteiger partial charge in [-0.3, -0.25) is 9.59 Å². The van der Waals surface area contributed by atoms with E-state index in [0.717, 1.165) is 19.3 Å². The Morgan fingerprint density at radius 3 is 2.22 bits per heavy atom. The molecule has 1 N–H and O–H groups in total. The highest BCUT2D eigenvalue weighted by Crippen LogP contribution is 2.48. The van der Waals surface area contributed by atoms with Crippen LogP contribution in [-0.4, -0.2) is 16.9 Å². The van der Waals surface area contributed by atoms with Crippen LogP contribution in [0.2, 0.25) is 20.1 Å². The number of aryl methyl sites for hydroxylation is 1. The van der Waals surface area contributed by atoms with E-state index in [4.69, 9.17) is 50.8 Å². The highest BCUT2D eigenvalue weighted by atomic mass is 35.5. The van der Waals surface area contributed by atoms with Gasteiger partial charge in [-0.15, -0.1) is 0 Å². The monoisotopic (exact) mass is 634 g/mol. The van der Waals surface area contributed by atoms with Crippen molar-refractivity contribution in [2.24, 2.45) is 5.92 Å². The molecule has 1 heterocycles. The zero-order valence-electron chi connectivity index (χ0n) is 23.0. The summed E-state index contributed by atoms with van der Waals surface area (Å²) >= 11 is 26.1. The second-order valence-corrected chi connectivity index (χ2v) is 12.4. The third-order valence-electron chi connectivity index (χ3n) is 7.22. The SMILES string of the molecule is Cc1cc2oc3cc(=O)c(Cl)cc-3c(-c3c(Cl)c(C(=O)CCCCCCCC(C)C)cc(Cl)c3C(=O)O)c2cc1Cl. The van der Waals surface area contributed by atoms with E-state index in [1.54, 1.807) is 19.1 Å². The van der Waals surface area contributed by atoms with Crippen molar-refractivity contribution in [2.75, 3.05) is 0 Å². The van der Waals surface area contributed by atoms with Crippen molar-refractivity contribution in [1.29, 1.82) is 0 Å². The van der Waals surface area contributed by atoms with Gasteiger partial charge < -0.3 is 9.52 Å². The molecule has 9 heteroatoms. The summed E-state index contributed by atoms with van der Waals surface area (Å²) in [5.74, 6) is -0.724. The highest BCUT2D eigenvalue weighted by molar-refractivity contribution is 6.42. The first kappa shape index (κ1) is 31.4. The number of carboxylic acid groups (broad SMARTS) is 1. The number of rotatable bonds is 11. The first-order chi connectivity index (χ1) is 19.4. The van der Waals surface area contributed by atoms with Crippen molar-refractivity contribution >= 4 is 69.1 Å². The second kappa shape index (κ2) is 13.2. The molecule has 0 aromatic heterocycles. The summed E-state index contributed by atoms with van der Waals surface area (Å²) in [4.78, 5) is 38.3. The number of carboxylic acids is 1. The Morgan fingerprint density at radius 2 is 1.54 bits per heavy atom. The summed E-state index contributed by atoms with van der Waals surface area (Å²) in [5.41, 5.74) is 1.09. The molecule has 5 nitrogen and oxygen atoms in total. The normalized spacial score (nSPS) is 11.6. The Labute approximate surface area is 258 Å². The lowest BCUT2D eigenvalue weighted by Gasteiger charge is -2.20. The standard InChI is InChI=1S/C32H30Cl4O5/c1-16(2)9-7-5-4-6-8-10-24(37)18-12-23(35)29(32(39)40)30(31(18)36)28-19-13-21(33)17(3)11-26(19)41-27-15-25(38)22(34)14-20(27)28/h11-16H,4-10H2,1-3H3,(H,39,40). The fraction of sp³-hybridized carbons (Fsp3) is 0.344. The molecule has 2 aliphatic rings. The fourth-order valence-electron chi connectivity index (χ4n) is 5.06. The summed E-state index contributed by atoms with van der Waals surface area (Å²) in [6.07, 6.45) is 6.33. The van der Waals surface area contributed by atoms with Crippen LogP contribution in [0.4, 0.5) is 0 Å². The van der Waals surface area contributed by atoms with E-state index in [9.17, 15) is 19.5 Å². The van der Waals surface area contributed by atoms with Gasteiger partial charge in [0.05, 0.1) is 20.6 Å². The quantitative estimate of drug-likeness (QED) is 0.101. The van der Waals surface area contributed by atoms with Crippen LogP contribution in [-0.2, 0) is 0 Å². The molecular formula is C32H30Cl4O5. The van der Waals surface area contributed by atoms with E-state index in [0.29, 0.717) is 45.0 Å². The largest absolute Gasteiger partial charge is 0.478 e. The minimum atomic E-state index is -1.33. The van der Waals surface area contributed by atoms with E-state index >= 15 is 0 Å². The van der Waals surface area contributed by atoms with Gasteiger partial charge in [0.2, 0.25) is 5.43 Å². The van der Waals surface area contributed by atoms with Gasteiger partial charge in [0.15, 0.2) is 5.78 Å². The van der Waals surface area contributed by atoms with Crippen LogP contribution in [0, 0.1) is 12.8 Å². The number of ketones is 1. The van der Waals surface area contributed by atoms with Crippen LogP contribution in [0.1, 0.15) is 85.1 Å². The summed E-state index contributed by atoms with van der Waals surface area (Å²) in [6.45, 7) is 6.20. The maximum absolute atomic E-state index is 13.4. The first-order valence-corrected chi connectivity index (χ1v) is 15.1. The zero-order valence-corrected chi connectivity index (χ0v) is 26.0. The third kappa shape index (κ3) is 6.75. The van der Waals surface area contributed by atoms with Crippen molar-refractivity contribution in [3.05, 3.63) is 77.3 Å². The minimum absolute atomic E-state index is 0.0316.